The van der Waals surface area contributed by atoms with E-state index in [9.17, 15) is 22.8 Å². The van der Waals surface area contributed by atoms with Crippen LogP contribution in [-0.2, 0) is 21.5 Å². The highest BCUT2D eigenvalue weighted by molar-refractivity contribution is 5.93. The lowest BCUT2D eigenvalue weighted by molar-refractivity contribution is -0.274. The zero-order valence-electron chi connectivity index (χ0n) is 24.6. The van der Waals surface area contributed by atoms with Crippen molar-refractivity contribution in [3.05, 3.63) is 54.1 Å². The molecule has 2 N–H and O–H groups in total. The van der Waals surface area contributed by atoms with Gasteiger partial charge in [0.25, 0.3) is 0 Å². The van der Waals surface area contributed by atoms with Crippen molar-refractivity contribution in [2.24, 2.45) is 0 Å². The van der Waals surface area contributed by atoms with E-state index in [0.717, 1.165) is 5.56 Å². The van der Waals surface area contributed by atoms with Crippen molar-refractivity contribution < 1.29 is 27.5 Å². The van der Waals surface area contributed by atoms with E-state index in [1.165, 1.54) is 18.2 Å². The van der Waals surface area contributed by atoms with Gasteiger partial charge in [0.1, 0.15) is 12.3 Å². The molecule has 0 unspecified atom stereocenters. The van der Waals surface area contributed by atoms with Crippen LogP contribution >= 0.6 is 0 Å². The Morgan fingerprint density at radius 3 is 2.22 bits per heavy atom. The molecule has 2 amide bonds. The summed E-state index contributed by atoms with van der Waals surface area (Å²) < 4.78 is 45.8. The van der Waals surface area contributed by atoms with E-state index in [2.05, 4.69) is 29.2 Å². The van der Waals surface area contributed by atoms with Gasteiger partial charge in [-0.1, -0.05) is 18.2 Å². The summed E-state index contributed by atoms with van der Waals surface area (Å²) in [6, 6.07) is 13.5. The molecular weight excluding hydrogens is 533 g/mol. The summed E-state index contributed by atoms with van der Waals surface area (Å²) in [5.41, 5.74) is 0.682. The van der Waals surface area contributed by atoms with Gasteiger partial charge in [-0.2, -0.15) is 0 Å². The molecular formula is C31H39F3N4O3. The molecule has 4 rings (SSSR count). The maximum absolute atomic E-state index is 13.7. The number of para-hydroxylation sites is 1. The van der Waals surface area contributed by atoms with Crippen molar-refractivity contribution in [1.82, 2.24) is 20.1 Å². The van der Waals surface area contributed by atoms with Crippen LogP contribution in [-0.4, -0.2) is 58.4 Å². The lowest BCUT2D eigenvalue weighted by Crippen LogP contribution is -2.58. The van der Waals surface area contributed by atoms with Crippen molar-refractivity contribution in [3.8, 4) is 17.0 Å². The van der Waals surface area contributed by atoms with E-state index < -0.39 is 17.3 Å². The number of amides is 2. The SMILES string of the molecule is C[C@@H]1CN(C(=O)C(C)(C)c2ccc3c(c2)cc(-c2ccccc2OC(F)(F)F)n3CC(=O)NC(C)(C)C)C[C@H](C)N1. The van der Waals surface area contributed by atoms with Gasteiger partial charge in [-0.3, -0.25) is 9.59 Å². The Labute approximate surface area is 239 Å². The highest BCUT2D eigenvalue weighted by Crippen LogP contribution is 2.38. The first-order valence-corrected chi connectivity index (χ1v) is 13.8. The summed E-state index contributed by atoms with van der Waals surface area (Å²) >= 11 is 0. The molecule has 2 atom stereocenters. The zero-order valence-corrected chi connectivity index (χ0v) is 24.6. The lowest BCUT2D eigenvalue weighted by Gasteiger charge is -2.40. The number of fused-ring (bicyclic) bond motifs is 1. The van der Waals surface area contributed by atoms with Crippen molar-refractivity contribution >= 4 is 22.7 Å². The average molecular weight is 573 g/mol. The van der Waals surface area contributed by atoms with E-state index in [-0.39, 0.29) is 41.8 Å². The molecule has 1 fully saturated rings. The normalized spacial score (nSPS) is 18.4. The number of benzene rings is 2. The van der Waals surface area contributed by atoms with Gasteiger partial charge < -0.3 is 24.8 Å². The molecule has 0 saturated carbocycles. The number of ether oxygens (including phenoxy) is 1. The molecule has 1 saturated heterocycles. The predicted octanol–water partition coefficient (Wildman–Crippen LogP) is 5.61. The molecule has 10 heteroatoms. The van der Waals surface area contributed by atoms with E-state index in [1.807, 2.05) is 57.7 Å². The minimum absolute atomic E-state index is 0.00480. The first-order valence-electron chi connectivity index (χ1n) is 13.8. The second kappa shape index (κ2) is 11.0. The minimum Gasteiger partial charge on any atom is -0.405 e. The molecule has 3 aromatic rings. The number of halogens is 3. The summed E-state index contributed by atoms with van der Waals surface area (Å²) in [6.45, 7) is 14.5. The standard InChI is InChI=1S/C31H39F3N4O3/c1-19-16-37(17-20(2)35-19)28(40)30(6,7)22-12-13-24-21(14-22)15-25(38(24)18-27(39)36-29(3,4)5)23-10-8-9-11-26(23)41-31(32,33)34/h8-15,19-20,35H,16-18H2,1-7H3,(H,36,39)/t19-,20+. The Morgan fingerprint density at radius 2 is 1.61 bits per heavy atom. The average Bonchev–Trinajstić information content (AvgIpc) is 3.18. The summed E-state index contributed by atoms with van der Waals surface area (Å²) in [5, 5.41) is 7.06. The van der Waals surface area contributed by atoms with Gasteiger partial charge in [0, 0.05) is 47.2 Å². The number of hydrogen-bond acceptors (Lipinski definition) is 4. The van der Waals surface area contributed by atoms with Gasteiger partial charge in [-0.25, -0.2) is 0 Å². The molecule has 2 aromatic carbocycles. The fraction of sp³-hybridized carbons (Fsp3) is 0.484. The number of nitrogens with zero attached hydrogens (tertiary/aromatic N) is 2. The largest absolute Gasteiger partial charge is 0.573 e. The second-order valence-corrected chi connectivity index (χ2v) is 12.5. The van der Waals surface area contributed by atoms with Gasteiger partial charge in [-0.15, -0.1) is 13.2 Å². The molecule has 0 aliphatic carbocycles. The molecule has 0 bridgehead atoms. The van der Waals surface area contributed by atoms with Gasteiger partial charge >= 0.3 is 6.36 Å². The number of carbonyl (C=O) groups excluding carboxylic acids is 2. The fourth-order valence-electron chi connectivity index (χ4n) is 5.56. The second-order valence-electron chi connectivity index (χ2n) is 12.5. The number of rotatable bonds is 6. The Balaban J connectivity index is 1.80. The van der Waals surface area contributed by atoms with Crippen LogP contribution in [0.4, 0.5) is 13.2 Å². The third-order valence-corrected chi connectivity index (χ3v) is 7.21. The molecule has 1 aromatic heterocycles. The van der Waals surface area contributed by atoms with Gasteiger partial charge in [0.05, 0.1) is 11.1 Å². The van der Waals surface area contributed by atoms with Crippen LogP contribution < -0.4 is 15.4 Å². The molecule has 1 aliphatic heterocycles. The van der Waals surface area contributed by atoms with Crippen molar-refractivity contribution in [2.75, 3.05) is 13.1 Å². The predicted molar refractivity (Wildman–Crippen MR) is 154 cm³/mol. The quantitative estimate of drug-likeness (QED) is 0.403. The van der Waals surface area contributed by atoms with Gasteiger partial charge in [0.15, 0.2) is 0 Å². The molecule has 0 spiro atoms. The summed E-state index contributed by atoms with van der Waals surface area (Å²) in [4.78, 5) is 28.6. The monoisotopic (exact) mass is 572 g/mol. The fourth-order valence-corrected chi connectivity index (χ4v) is 5.56. The Kier molecular flexibility index (Phi) is 8.19. The molecule has 7 nitrogen and oxygen atoms in total. The number of nitrogens with one attached hydrogen (secondary N) is 2. The molecule has 41 heavy (non-hydrogen) atoms. The summed E-state index contributed by atoms with van der Waals surface area (Å²) in [6.07, 6.45) is -4.88. The third-order valence-electron chi connectivity index (χ3n) is 7.21. The van der Waals surface area contributed by atoms with Crippen LogP contribution in [0.1, 0.15) is 54.0 Å². The number of alkyl halides is 3. The number of piperazine rings is 1. The zero-order chi connectivity index (χ0) is 30.3. The summed E-state index contributed by atoms with van der Waals surface area (Å²) in [7, 11) is 0. The lowest BCUT2D eigenvalue weighted by atomic mass is 9.82. The summed E-state index contributed by atoms with van der Waals surface area (Å²) in [5.74, 6) is -0.643. The van der Waals surface area contributed by atoms with Crippen LogP contribution in [0, 0.1) is 0 Å². The van der Waals surface area contributed by atoms with Crippen LogP contribution in [0.25, 0.3) is 22.2 Å². The van der Waals surface area contributed by atoms with Crippen LogP contribution in [0.5, 0.6) is 5.75 Å². The Morgan fingerprint density at radius 1 is 0.976 bits per heavy atom. The van der Waals surface area contributed by atoms with Crippen molar-refractivity contribution in [2.45, 2.75) is 84.4 Å². The van der Waals surface area contributed by atoms with Gasteiger partial charge in [-0.05, 0) is 84.4 Å². The molecule has 1 aliphatic rings. The topological polar surface area (TPSA) is 75.6 Å². The highest BCUT2D eigenvalue weighted by atomic mass is 19.4. The molecule has 0 radical (unpaired) electrons. The molecule has 2 heterocycles. The maximum atomic E-state index is 13.7. The number of aromatic nitrogens is 1. The van der Waals surface area contributed by atoms with E-state index >= 15 is 0 Å². The Hall–Kier alpha value is -3.53. The minimum atomic E-state index is -4.88. The third kappa shape index (κ3) is 7.04. The first-order chi connectivity index (χ1) is 18.9. The van der Waals surface area contributed by atoms with Crippen molar-refractivity contribution in [3.63, 3.8) is 0 Å². The van der Waals surface area contributed by atoms with Crippen molar-refractivity contribution in [1.29, 1.82) is 0 Å². The smallest absolute Gasteiger partial charge is 0.405 e. The first kappa shape index (κ1) is 30.4. The van der Waals surface area contributed by atoms with E-state index in [4.69, 9.17) is 0 Å². The number of hydrogen-bond donors (Lipinski definition) is 2. The van der Waals surface area contributed by atoms with Crippen LogP contribution in [0.3, 0.4) is 0 Å². The Bertz CT molecular complexity index is 1430. The van der Waals surface area contributed by atoms with E-state index in [0.29, 0.717) is 29.7 Å². The van der Waals surface area contributed by atoms with E-state index in [1.54, 1.807) is 16.7 Å². The van der Waals surface area contributed by atoms with Crippen LogP contribution in [0.2, 0.25) is 0 Å². The number of carbonyl (C=O) groups is 2. The maximum Gasteiger partial charge on any atom is 0.573 e. The van der Waals surface area contributed by atoms with Crippen LogP contribution in [0.15, 0.2) is 48.5 Å². The van der Waals surface area contributed by atoms with Gasteiger partial charge in [0.2, 0.25) is 11.8 Å². The molecule has 222 valence electrons. The highest BCUT2D eigenvalue weighted by Gasteiger charge is 2.37.